The Morgan fingerprint density at radius 2 is 1.65 bits per heavy atom. The van der Waals surface area contributed by atoms with Crippen molar-refractivity contribution in [3.63, 3.8) is 0 Å². The average molecular weight is 571 g/mol. The van der Waals surface area contributed by atoms with Gasteiger partial charge in [0.25, 0.3) is 5.69 Å². The highest BCUT2D eigenvalue weighted by molar-refractivity contribution is 7.92. The summed E-state index contributed by atoms with van der Waals surface area (Å²) in [5, 5.41) is 14.1. The molecule has 0 aliphatic carbocycles. The number of carbonyl (C=O) groups is 2. The van der Waals surface area contributed by atoms with Gasteiger partial charge >= 0.3 is 0 Å². The van der Waals surface area contributed by atoms with Crippen LogP contribution < -0.4 is 9.62 Å². The first-order valence-electron chi connectivity index (χ1n) is 12.5. The molecule has 0 fully saturated rings. The fourth-order valence-corrected chi connectivity index (χ4v) is 4.96. The van der Waals surface area contributed by atoms with Crippen LogP contribution in [0.2, 0.25) is 0 Å². The summed E-state index contributed by atoms with van der Waals surface area (Å²) in [7, 11) is -4.11. The van der Waals surface area contributed by atoms with Crippen molar-refractivity contribution in [2.24, 2.45) is 0 Å². The molecule has 3 aromatic carbocycles. The maximum absolute atomic E-state index is 14.7. The van der Waals surface area contributed by atoms with E-state index in [2.05, 4.69) is 5.32 Å². The number of rotatable bonds is 12. The summed E-state index contributed by atoms with van der Waals surface area (Å²) in [6.45, 7) is 2.43. The maximum Gasteiger partial charge on any atom is 0.271 e. The van der Waals surface area contributed by atoms with Crippen LogP contribution >= 0.6 is 0 Å². The second-order valence-corrected chi connectivity index (χ2v) is 11.4. The first-order valence-corrected chi connectivity index (χ1v) is 14.3. The zero-order valence-corrected chi connectivity index (χ0v) is 23.2. The van der Waals surface area contributed by atoms with Crippen molar-refractivity contribution in [2.75, 3.05) is 17.1 Å². The Kier molecular flexibility index (Phi) is 9.94. The number of nitro benzene ring substituents is 1. The predicted molar refractivity (Wildman–Crippen MR) is 149 cm³/mol. The number of nitro groups is 1. The molecule has 0 aliphatic rings. The van der Waals surface area contributed by atoms with Gasteiger partial charge in [0.05, 0.1) is 16.9 Å². The Hall–Kier alpha value is -4.32. The third-order valence-electron chi connectivity index (χ3n) is 6.01. The normalized spacial score (nSPS) is 12.0. The van der Waals surface area contributed by atoms with Crippen LogP contribution in [0, 0.1) is 15.9 Å². The van der Waals surface area contributed by atoms with Gasteiger partial charge < -0.3 is 10.2 Å². The smallest absolute Gasteiger partial charge is 0.271 e. The molecule has 40 heavy (non-hydrogen) atoms. The summed E-state index contributed by atoms with van der Waals surface area (Å²) in [6, 6.07) is 18.2. The summed E-state index contributed by atoms with van der Waals surface area (Å²) >= 11 is 0. The number of anilines is 1. The summed E-state index contributed by atoms with van der Waals surface area (Å²) < 4.78 is 41.0. The van der Waals surface area contributed by atoms with Crippen LogP contribution in [0.15, 0.2) is 78.9 Å². The quantitative estimate of drug-likeness (QED) is 0.261. The molecular weight excluding hydrogens is 539 g/mol. The van der Waals surface area contributed by atoms with Gasteiger partial charge in [-0.1, -0.05) is 54.6 Å². The standard InChI is InChI=1S/C28H31FN4O6S/c1-20(2)30-28(35)26(16-21-10-5-4-6-11-21)31(18-22-12-7-8-15-25(22)29)27(34)19-32(40(3,38)39)23-13-9-14-24(17-23)33(36)37/h4-15,17,20,26H,16,18-19H2,1-3H3,(H,30,35). The molecule has 12 heteroatoms. The van der Waals surface area contributed by atoms with Crippen molar-refractivity contribution in [3.8, 4) is 0 Å². The summed E-state index contributed by atoms with van der Waals surface area (Å²) in [5.74, 6) is -1.88. The number of sulfonamides is 1. The van der Waals surface area contributed by atoms with Gasteiger partial charge in [-0.3, -0.25) is 24.0 Å². The van der Waals surface area contributed by atoms with Crippen LogP contribution in [-0.2, 0) is 32.6 Å². The lowest BCUT2D eigenvalue weighted by Gasteiger charge is -2.34. The lowest BCUT2D eigenvalue weighted by molar-refractivity contribution is -0.384. The largest absolute Gasteiger partial charge is 0.352 e. The number of carbonyl (C=O) groups excluding carboxylic acids is 2. The van der Waals surface area contributed by atoms with Gasteiger partial charge in [0.15, 0.2) is 0 Å². The number of hydrogen-bond acceptors (Lipinski definition) is 6. The van der Waals surface area contributed by atoms with Crippen LogP contribution in [-0.4, -0.2) is 54.9 Å². The molecule has 1 atom stereocenters. The van der Waals surface area contributed by atoms with Gasteiger partial charge in [0.1, 0.15) is 18.4 Å². The Morgan fingerprint density at radius 3 is 2.25 bits per heavy atom. The van der Waals surface area contributed by atoms with Gasteiger partial charge in [-0.15, -0.1) is 0 Å². The lowest BCUT2D eigenvalue weighted by atomic mass is 10.0. The van der Waals surface area contributed by atoms with E-state index in [1.807, 2.05) is 0 Å². The van der Waals surface area contributed by atoms with E-state index in [0.29, 0.717) is 0 Å². The third-order valence-corrected chi connectivity index (χ3v) is 7.15. The molecule has 1 unspecified atom stereocenters. The van der Waals surface area contributed by atoms with E-state index in [0.717, 1.165) is 27.1 Å². The van der Waals surface area contributed by atoms with Crippen LogP contribution in [0.5, 0.6) is 0 Å². The average Bonchev–Trinajstić information content (AvgIpc) is 2.89. The van der Waals surface area contributed by atoms with Gasteiger partial charge in [-0.25, -0.2) is 12.8 Å². The molecule has 1 N–H and O–H groups in total. The zero-order valence-electron chi connectivity index (χ0n) is 22.4. The Morgan fingerprint density at radius 1 is 1.00 bits per heavy atom. The van der Waals surface area contributed by atoms with Crippen molar-refractivity contribution in [3.05, 3.63) is 106 Å². The lowest BCUT2D eigenvalue weighted by Crippen LogP contribution is -2.54. The molecular formula is C28H31FN4O6S. The number of nitrogens with one attached hydrogen (secondary N) is 1. The molecule has 0 bridgehead atoms. The fourth-order valence-electron chi connectivity index (χ4n) is 4.12. The summed E-state index contributed by atoms with van der Waals surface area (Å²) in [5.41, 5.74) is 0.408. The maximum atomic E-state index is 14.7. The van der Waals surface area contributed by atoms with Crippen molar-refractivity contribution in [1.29, 1.82) is 0 Å². The molecule has 3 aromatic rings. The van der Waals surface area contributed by atoms with E-state index in [4.69, 9.17) is 0 Å². The van der Waals surface area contributed by atoms with Crippen LogP contribution in [0.1, 0.15) is 25.0 Å². The van der Waals surface area contributed by atoms with Gasteiger partial charge in [0.2, 0.25) is 21.8 Å². The summed E-state index contributed by atoms with van der Waals surface area (Å²) in [6.07, 6.45) is 0.947. The van der Waals surface area contributed by atoms with Gasteiger partial charge in [-0.2, -0.15) is 0 Å². The Bertz CT molecular complexity index is 1470. The molecule has 10 nitrogen and oxygen atoms in total. The fraction of sp³-hybridized carbons (Fsp3) is 0.286. The molecule has 0 saturated heterocycles. The van der Waals surface area contributed by atoms with E-state index in [-0.39, 0.29) is 35.9 Å². The van der Waals surface area contributed by atoms with Gasteiger partial charge in [-0.05, 0) is 31.5 Å². The van der Waals surface area contributed by atoms with E-state index in [1.54, 1.807) is 50.2 Å². The van der Waals surface area contributed by atoms with Crippen molar-refractivity contribution in [1.82, 2.24) is 10.2 Å². The van der Waals surface area contributed by atoms with E-state index in [9.17, 15) is 32.5 Å². The molecule has 0 saturated carbocycles. The summed E-state index contributed by atoms with van der Waals surface area (Å²) in [4.78, 5) is 39.1. The number of nitrogens with zero attached hydrogens (tertiary/aromatic N) is 3. The number of halogens is 1. The van der Waals surface area contributed by atoms with Crippen LogP contribution in [0.25, 0.3) is 0 Å². The van der Waals surface area contributed by atoms with Crippen LogP contribution in [0.4, 0.5) is 15.8 Å². The Balaban J connectivity index is 2.08. The molecule has 0 spiro atoms. The molecule has 212 valence electrons. The minimum atomic E-state index is -4.11. The first-order chi connectivity index (χ1) is 18.9. The topological polar surface area (TPSA) is 130 Å². The molecule has 0 heterocycles. The SMILES string of the molecule is CC(C)NC(=O)C(Cc1ccccc1)N(Cc1ccccc1F)C(=O)CN(c1cccc([N+](=O)[O-])c1)S(C)(=O)=O. The monoisotopic (exact) mass is 570 g/mol. The minimum Gasteiger partial charge on any atom is -0.352 e. The highest BCUT2D eigenvalue weighted by Gasteiger charge is 2.34. The number of hydrogen-bond donors (Lipinski definition) is 1. The van der Waals surface area contributed by atoms with Crippen molar-refractivity contribution in [2.45, 2.75) is 38.9 Å². The predicted octanol–water partition coefficient (Wildman–Crippen LogP) is 3.66. The Labute approximate surface area is 232 Å². The molecule has 3 rings (SSSR count). The molecule has 0 aromatic heterocycles. The van der Waals surface area contributed by atoms with E-state index >= 15 is 0 Å². The number of non-ortho nitro benzene ring substituents is 1. The van der Waals surface area contributed by atoms with Crippen molar-refractivity contribution >= 4 is 33.2 Å². The number of benzene rings is 3. The first kappa shape index (κ1) is 30.2. The molecule has 2 amide bonds. The van der Waals surface area contributed by atoms with E-state index < -0.39 is 45.2 Å². The second kappa shape index (κ2) is 13.2. The molecule has 0 radical (unpaired) electrons. The second-order valence-electron chi connectivity index (χ2n) is 9.53. The van der Waals surface area contributed by atoms with E-state index in [1.165, 1.54) is 36.4 Å². The zero-order chi connectivity index (χ0) is 29.4. The number of amides is 2. The molecule has 0 aliphatic heterocycles. The highest BCUT2D eigenvalue weighted by Crippen LogP contribution is 2.24. The third kappa shape index (κ3) is 8.09. The van der Waals surface area contributed by atoms with Gasteiger partial charge in [0, 0.05) is 36.7 Å². The highest BCUT2D eigenvalue weighted by atomic mass is 32.2. The minimum absolute atomic E-state index is 0.0786. The van der Waals surface area contributed by atoms with Crippen molar-refractivity contribution < 1.29 is 27.3 Å². The van der Waals surface area contributed by atoms with Crippen LogP contribution in [0.3, 0.4) is 0 Å².